The second kappa shape index (κ2) is 11.6. The smallest absolute Gasteiger partial charge is 0.243 e. The summed E-state index contributed by atoms with van der Waals surface area (Å²) >= 11 is 0. The molecular weight excluding hydrogens is 416 g/mol. The van der Waals surface area contributed by atoms with Crippen LogP contribution in [0.4, 0.5) is 5.69 Å². The fourth-order valence-electron chi connectivity index (χ4n) is 3.24. The lowest BCUT2D eigenvalue weighted by atomic mass is 10.1. The van der Waals surface area contributed by atoms with Crippen molar-refractivity contribution in [3.63, 3.8) is 0 Å². The molecule has 0 spiro atoms. The zero-order valence-electron chi connectivity index (χ0n) is 18.6. The molecule has 2 aromatic rings. The van der Waals surface area contributed by atoms with Gasteiger partial charge in [0.25, 0.3) is 0 Å². The normalized spacial score (nSPS) is 12.1. The van der Waals surface area contributed by atoms with Crippen molar-refractivity contribution in [1.29, 1.82) is 0 Å². The van der Waals surface area contributed by atoms with Gasteiger partial charge in [-0.1, -0.05) is 12.1 Å². The molecule has 0 saturated heterocycles. The lowest BCUT2D eigenvalue weighted by Crippen LogP contribution is -2.48. The van der Waals surface area contributed by atoms with E-state index in [9.17, 15) is 13.2 Å². The van der Waals surface area contributed by atoms with Gasteiger partial charge in [-0.3, -0.25) is 9.10 Å². The molecule has 2 aromatic carbocycles. The molecule has 0 aliphatic carbocycles. The lowest BCUT2D eigenvalue weighted by molar-refractivity contribution is -0.121. The van der Waals surface area contributed by atoms with Crippen molar-refractivity contribution in [3.8, 4) is 11.5 Å². The van der Waals surface area contributed by atoms with Crippen molar-refractivity contribution in [3.05, 3.63) is 54.1 Å². The topological polar surface area (TPSA) is 84.9 Å². The number of hydrogen-bond acceptors (Lipinski definition) is 5. The van der Waals surface area contributed by atoms with Gasteiger partial charge in [0.05, 0.1) is 25.2 Å². The van der Waals surface area contributed by atoms with E-state index in [2.05, 4.69) is 5.32 Å². The van der Waals surface area contributed by atoms with Gasteiger partial charge in [0, 0.05) is 6.54 Å². The molecule has 0 bridgehead atoms. The van der Waals surface area contributed by atoms with E-state index in [4.69, 9.17) is 9.47 Å². The van der Waals surface area contributed by atoms with E-state index >= 15 is 0 Å². The van der Waals surface area contributed by atoms with E-state index in [-0.39, 0.29) is 5.91 Å². The number of rotatable bonds is 12. The first-order chi connectivity index (χ1) is 14.8. The molecule has 1 atom stereocenters. The van der Waals surface area contributed by atoms with Crippen LogP contribution >= 0.6 is 0 Å². The summed E-state index contributed by atoms with van der Waals surface area (Å²) in [6, 6.07) is 13.7. The number of benzene rings is 2. The van der Waals surface area contributed by atoms with E-state index in [0.29, 0.717) is 31.2 Å². The highest BCUT2D eigenvalue weighted by Crippen LogP contribution is 2.24. The Kier molecular flexibility index (Phi) is 9.18. The number of amides is 1. The number of sulfonamides is 1. The van der Waals surface area contributed by atoms with Gasteiger partial charge in [-0.15, -0.1) is 0 Å². The van der Waals surface area contributed by atoms with Gasteiger partial charge in [-0.05, 0) is 75.6 Å². The number of ether oxygens (including phenoxy) is 2. The van der Waals surface area contributed by atoms with E-state index in [1.807, 2.05) is 38.1 Å². The Hall–Kier alpha value is -2.74. The van der Waals surface area contributed by atoms with Crippen molar-refractivity contribution in [2.24, 2.45) is 0 Å². The van der Waals surface area contributed by atoms with Crippen LogP contribution < -0.4 is 19.1 Å². The molecule has 0 radical (unpaired) electrons. The Morgan fingerprint density at radius 1 is 0.968 bits per heavy atom. The number of nitrogens with zero attached hydrogens (tertiary/aromatic N) is 1. The molecule has 0 saturated carbocycles. The van der Waals surface area contributed by atoms with Gasteiger partial charge in [0.2, 0.25) is 15.9 Å². The van der Waals surface area contributed by atoms with Crippen LogP contribution in [0.25, 0.3) is 0 Å². The first-order valence-corrected chi connectivity index (χ1v) is 12.3. The Morgan fingerprint density at radius 3 is 1.97 bits per heavy atom. The van der Waals surface area contributed by atoms with Gasteiger partial charge >= 0.3 is 0 Å². The molecule has 0 unspecified atom stereocenters. The Balaban J connectivity index is 1.93. The number of aryl methyl sites for hydroxylation is 1. The van der Waals surface area contributed by atoms with E-state index in [0.717, 1.165) is 34.7 Å². The van der Waals surface area contributed by atoms with Crippen LogP contribution in [-0.4, -0.2) is 46.4 Å². The van der Waals surface area contributed by atoms with E-state index in [1.165, 1.54) is 0 Å². The highest BCUT2D eigenvalue weighted by Gasteiger charge is 2.28. The minimum absolute atomic E-state index is 0.342. The third-order valence-electron chi connectivity index (χ3n) is 4.67. The fourth-order valence-corrected chi connectivity index (χ4v) is 4.41. The average molecular weight is 449 g/mol. The average Bonchev–Trinajstić information content (AvgIpc) is 2.73. The van der Waals surface area contributed by atoms with Crippen molar-refractivity contribution in [2.75, 3.05) is 30.3 Å². The molecule has 7 nitrogen and oxygen atoms in total. The lowest BCUT2D eigenvalue weighted by Gasteiger charge is -2.28. The second-order valence-corrected chi connectivity index (χ2v) is 8.99. The molecule has 0 aliphatic heterocycles. The number of carbonyl (C=O) groups excluding carboxylic acids is 1. The summed E-state index contributed by atoms with van der Waals surface area (Å²) in [4.78, 5) is 12.6. The van der Waals surface area contributed by atoms with Gasteiger partial charge in [0.15, 0.2) is 0 Å². The van der Waals surface area contributed by atoms with Gasteiger partial charge in [-0.25, -0.2) is 8.42 Å². The predicted octanol–water partition coefficient (Wildman–Crippen LogP) is 3.39. The first-order valence-electron chi connectivity index (χ1n) is 10.5. The second-order valence-electron chi connectivity index (χ2n) is 7.13. The summed E-state index contributed by atoms with van der Waals surface area (Å²) in [7, 11) is -3.65. The summed E-state index contributed by atoms with van der Waals surface area (Å²) in [6.07, 6.45) is 2.64. The molecule has 0 aromatic heterocycles. The Morgan fingerprint density at radius 2 is 1.48 bits per heavy atom. The standard InChI is InChI=1S/C23H32N2O5S/c1-5-29-21-13-9-19(10-14-21)8-7-17-24-23(26)18(3)25(31(4,27)28)20-11-15-22(16-12-20)30-6-2/h9-16,18H,5-8,17H2,1-4H3,(H,24,26)/t18-/m0/s1. The van der Waals surface area contributed by atoms with Crippen molar-refractivity contribution >= 4 is 21.6 Å². The minimum Gasteiger partial charge on any atom is -0.494 e. The van der Waals surface area contributed by atoms with Crippen molar-refractivity contribution in [2.45, 2.75) is 39.7 Å². The zero-order valence-corrected chi connectivity index (χ0v) is 19.4. The summed E-state index contributed by atoms with van der Waals surface area (Å²) in [5, 5.41) is 2.84. The van der Waals surface area contributed by atoms with Gasteiger partial charge in [0.1, 0.15) is 17.5 Å². The summed E-state index contributed by atoms with van der Waals surface area (Å²) in [6.45, 7) is 7.00. The van der Waals surface area contributed by atoms with Crippen molar-refractivity contribution in [1.82, 2.24) is 5.32 Å². The molecule has 170 valence electrons. The van der Waals surface area contributed by atoms with E-state index < -0.39 is 16.1 Å². The minimum atomic E-state index is -3.65. The molecule has 0 aliphatic rings. The molecular formula is C23H32N2O5S. The monoisotopic (exact) mass is 448 g/mol. The van der Waals surface area contributed by atoms with Crippen LogP contribution in [0.3, 0.4) is 0 Å². The molecule has 0 fully saturated rings. The Bertz CT molecular complexity index is 927. The maximum absolute atomic E-state index is 12.6. The molecule has 1 N–H and O–H groups in total. The maximum Gasteiger partial charge on any atom is 0.243 e. The van der Waals surface area contributed by atoms with Crippen LogP contribution in [0.15, 0.2) is 48.5 Å². The third-order valence-corrected chi connectivity index (χ3v) is 5.91. The van der Waals surface area contributed by atoms with Crippen LogP contribution in [0, 0.1) is 0 Å². The zero-order chi connectivity index (χ0) is 22.9. The predicted molar refractivity (Wildman–Crippen MR) is 123 cm³/mol. The summed E-state index contributed by atoms with van der Waals surface area (Å²) in [5.41, 5.74) is 1.57. The van der Waals surface area contributed by atoms with Crippen LogP contribution in [0.2, 0.25) is 0 Å². The third kappa shape index (κ3) is 7.47. The number of carbonyl (C=O) groups is 1. The summed E-state index contributed by atoms with van der Waals surface area (Å²) < 4.78 is 36.7. The molecule has 2 rings (SSSR count). The fraction of sp³-hybridized carbons (Fsp3) is 0.435. The maximum atomic E-state index is 12.6. The molecule has 1 amide bonds. The SMILES string of the molecule is CCOc1ccc(CCCNC(=O)[C@H](C)N(c2ccc(OCC)cc2)S(C)(=O)=O)cc1. The van der Waals surface area contributed by atoms with Crippen LogP contribution in [0.5, 0.6) is 11.5 Å². The Labute approximate surface area is 185 Å². The molecule has 31 heavy (non-hydrogen) atoms. The largest absolute Gasteiger partial charge is 0.494 e. The number of anilines is 1. The number of hydrogen-bond donors (Lipinski definition) is 1. The van der Waals surface area contributed by atoms with E-state index in [1.54, 1.807) is 31.2 Å². The molecule has 0 heterocycles. The van der Waals surface area contributed by atoms with Crippen molar-refractivity contribution < 1.29 is 22.7 Å². The number of nitrogens with one attached hydrogen (secondary N) is 1. The van der Waals surface area contributed by atoms with Gasteiger partial charge in [-0.2, -0.15) is 0 Å². The quantitative estimate of drug-likeness (QED) is 0.503. The van der Waals surface area contributed by atoms with Crippen LogP contribution in [-0.2, 0) is 21.2 Å². The summed E-state index contributed by atoms with van der Waals surface area (Å²) in [5.74, 6) is 1.14. The highest BCUT2D eigenvalue weighted by molar-refractivity contribution is 7.92. The highest BCUT2D eigenvalue weighted by atomic mass is 32.2. The van der Waals surface area contributed by atoms with Gasteiger partial charge < -0.3 is 14.8 Å². The molecule has 8 heteroatoms. The van der Waals surface area contributed by atoms with Crippen LogP contribution in [0.1, 0.15) is 32.8 Å². The first kappa shape index (κ1) is 24.5.